The third-order valence-corrected chi connectivity index (χ3v) is 4.64. The molecule has 6 heteroatoms. The van der Waals surface area contributed by atoms with Crippen molar-refractivity contribution in [2.45, 2.75) is 31.8 Å². The van der Waals surface area contributed by atoms with Gasteiger partial charge in [-0.15, -0.1) is 0 Å². The first-order chi connectivity index (χ1) is 12.1. The zero-order chi connectivity index (χ0) is 17.8. The van der Waals surface area contributed by atoms with Crippen LogP contribution in [0.15, 0.2) is 41.1 Å². The van der Waals surface area contributed by atoms with E-state index in [1.165, 1.54) is 0 Å². The lowest BCUT2D eigenvalue weighted by Crippen LogP contribution is -2.40. The maximum atomic E-state index is 10.3. The number of aliphatic hydroxyl groups is 1. The Bertz CT molecular complexity index is 744. The second-order valence-electron chi connectivity index (χ2n) is 6.59. The van der Waals surface area contributed by atoms with Crippen molar-refractivity contribution in [1.29, 1.82) is 0 Å². The number of piperidine rings is 1. The Kier molecular flexibility index (Phi) is 5.61. The normalized spacial score (nSPS) is 20.4. The van der Waals surface area contributed by atoms with Gasteiger partial charge in [0, 0.05) is 30.3 Å². The van der Waals surface area contributed by atoms with Gasteiger partial charge in [0.05, 0.1) is 11.8 Å². The Morgan fingerprint density at radius 1 is 1.48 bits per heavy atom. The number of rotatable bonds is 6. The van der Waals surface area contributed by atoms with Crippen molar-refractivity contribution in [3.8, 4) is 11.3 Å². The Morgan fingerprint density at radius 3 is 3.04 bits per heavy atom. The van der Waals surface area contributed by atoms with E-state index < -0.39 is 6.10 Å². The summed E-state index contributed by atoms with van der Waals surface area (Å²) in [6, 6.07) is 8.02. The number of hydrogen-bond acceptors (Lipinski definition) is 5. The molecule has 0 saturated carbocycles. The summed E-state index contributed by atoms with van der Waals surface area (Å²) >= 11 is 0. The molecule has 1 fully saturated rings. The molecule has 3 N–H and O–H groups in total. The highest BCUT2D eigenvalue weighted by molar-refractivity contribution is 6.36. The molecule has 1 aliphatic rings. The van der Waals surface area contributed by atoms with Crippen LogP contribution >= 0.6 is 0 Å². The van der Waals surface area contributed by atoms with Crippen LogP contribution in [0.5, 0.6) is 0 Å². The lowest BCUT2D eigenvalue weighted by Gasteiger charge is -2.27. The van der Waals surface area contributed by atoms with Crippen LogP contribution in [0.4, 0.5) is 0 Å². The molecule has 2 heterocycles. The molecular formula is C19H24BN3O2. The minimum atomic E-state index is -0.448. The molecule has 25 heavy (non-hydrogen) atoms. The van der Waals surface area contributed by atoms with E-state index in [0.717, 1.165) is 36.3 Å². The van der Waals surface area contributed by atoms with Gasteiger partial charge in [-0.2, -0.15) is 0 Å². The number of benzene rings is 1. The topological polar surface area (TPSA) is 70.3 Å². The quantitative estimate of drug-likeness (QED) is 0.692. The molecule has 0 bridgehead atoms. The van der Waals surface area contributed by atoms with Crippen LogP contribution in [0.25, 0.3) is 11.3 Å². The van der Waals surface area contributed by atoms with Crippen molar-refractivity contribution in [2.24, 2.45) is 0 Å². The predicted octanol–water partition coefficient (Wildman–Crippen LogP) is 1.24. The first-order valence-corrected chi connectivity index (χ1v) is 8.69. The first-order valence-electron chi connectivity index (χ1n) is 8.69. The number of aliphatic hydroxyl groups excluding tert-OH is 1. The molecule has 1 aromatic heterocycles. The van der Waals surface area contributed by atoms with Crippen molar-refractivity contribution in [3.05, 3.63) is 47.8 Å². The average Bonchev–Trinajstić information content (AvgIpc) is 2.97. The maximum absolute atomic E-state index is 10.3. The average molecular weight is 337 g/mol. The Morgan fingerprint density at radius 2 is 2.28 bits per heavy atom. The summed E-state index contributed by atoms with van der Waals surface area (Å²) in [6.45, 7) is 8.05. The zero-order valence-corrected chi connectivity index (χ0v) is 14.6. The van der Waals surface area contributed by atoms with E-state index in [1.807, 2.05) is 25.1 Å². The highest BCUT2D eigenvalue weighted by Crippen LogP contribution is 2.27. The molecule has 5 nitrogen and oxygen atoms in total. The van der Waals surface area contributed by atoms with Crippen LogP contribution in [0, 0.1) is 0 Å². The fraction of sp³-hybridized carbons (Fsp3) is 0.421. The molecule has 1 aliphatic heterocycles. The lowest BCUT2D eigenvalue weighted by atomic mass is 9.82. The molecule has 1 aromatic carbocycles. The molecule has 0 amide bonds. The van der Waals surface area contributed by atoms with E-state index in [1.54, 1.807) is 0 Å². The van der Waals surface area contributed by atoms with Gasteiger partial charge < -0.3 is 20.3 Å². The van der Waals surface area contributed by atoms with Gasteiger partial charge in [-0.25, -0.2) is 0 Å². The molecule has 2 aromatic rings. The molecule has 2 atom stereocenters. The van der Waals surface area contributed by atoms with Gasteiger partial charge in [0.15, 0.2) is 5.76 Å². The van der Waals surface area contributed by atoms with E-state index in [9.17, 15) is 5.11 Å². The molecule has 0 unspecified atom stereocenters. The van der Waals surface area contributed by atoms with Gasteiger partial charge in [-0.05, 0) is 37.3 Å². The summed E-state index contributed by atoms with van der Waals surface area (Å²) in [7, 11) is 6.35. The van der Waals surface area contributed by atoms with Gasteiger partial charge >= 0.3 is 0 Å². The van der Waals surface area contributed by atoms with Gasteiger partial charge in [-0.3, -0.25) is 0 Å². The second-order valence-corrected chi connectivity index (χ2v) is 6.59. The van der Waals surface area contributed by atoms with Gasteiger partial charge in [-0.1, -0.05) is 36.0 Å². The highest BCUT2D eigenvalue weighted by atomic mass is 16.5. The van der Waals surface area contributed by atoms with E-state index in [2.05, 4.69) is 28.4 Å². The standard InChI is InChI=1S/C19H24BN3O2/c1-12(2)22-10-7-13-5-3-4-6-14(13)19-17(20)18(23-25-19)15-11-21-9-8-16(15)24/h3-6,15-16,21-22,24H,1,7-11H2,2H3/t15-,16+/m0/s1. The molecule has 1 saturated heterocycles. The molecule has 3 rings (SSSR count). The largest absolute Gasteiger partial charge is 0.392 e. The van der Waals surface area contributed by atoms with E-state index in [0.29, 0.717) is 29.9 Å². The van der Waals surface area contributed by atoms with Crippen LogP contribution in [-0.2, 0) is 6.42 Å². The summed E-state index contributed by atoms with van der Waals surface area (Å²) in [6.07, 6.45) is 1.07. The minimum Gasteiger partial charge on any atom is -0.392 e. The van der Waals surface area contributed by atoms with Crippen molar-refractivity contribution >= 4 is 13.3 Å². The van der Waals surface area contributed by atoms with Crippen molar-refractivity contribution in [2.75, 3.05) is 19.6 Å². The van der Waals surface area contributed by atoms with Gasteiger partial charge in [0.1, 0.15) is 7.85 Å². The number of aromatic nitrogens is 1. The Labute approximate surface area is 149 Å². The summed E-state index contributed by atoms with van der Waals surface area (Å²) in [5.41, 5.74) is 4.18. The second kappa shape index (κ2) is 7.89. The minimum absolute atomic E-state index is 0.136. The SMILES string of the molecule is [B]c1c([C@H]2CNCC[C@H]2O)noc1-c1ccccc1CCNC(=C)C. The van der Waals surface area contributed by atoms with Gasteiger partial charge in [0.25, 0.3) is 0 Å². The van der Waals surface area contributed by atoms with Gasteiger partial charge in [0.2, 0.25) is 0 Å². The smallest absolute Gasteiger partial charge is 0.160 e. The Hall–Kier alpha value is -2.05. The third kappa shape index (κ3) is 3.97. The van der Waals surface area contributed by atoms with Crippen LogP contribution in [0.1, 0.15) is 30.5 Å². The van der Waals surface area contributed by atoms with E-state index in [-0.39, 0.29) is 5.92 Å². The zero-order valence-electron chi connectivity index (χ0n) is 14.6. The maximum Gasteiger partial charge on any atom is 0.160 e. The molecule has 2 radical (unpaired) electrons. The van der Waals surface area contributed by atoms with Crippen LogP contribution < -0.4 is 16.1 Å². The van der Waals surface area contributed by atoms with Crippen molar-refractivity contribution < 1.29 is 9.63 Å². The fourth-order valence-corrected chi connectivity index (χ4v) is 3.27. The highest BCUT2D eigenvalue weighted by Gasteiger charge is 2.30. The van der Waals surface area contributed by atoms with Crippen molar-refractivity contribution in [1.82, 2.24) is 15.8 Å². The van der Waals surface area contributed by atoms with E-state index >= 15 is 0 Å². The predicted molar refractivity (Wildman–Crippen MR) is 100 cm³/mol. The van der Waals surface area contributed by atoms with Crippen LogP contribution in [0.3, 0.4) is 0 Å². The van der Waals surface area contributed by atoms with Crippen LogP contribution in [0.2, 0.25) is 0 Å². The summed E-state index contributed by atoms with van der Waals surface area (Å²) < 4.78 is 5.60. The molecular weight excluding hydrogens is 313 g/mol. The summed E-state index contributed by atoms with van der Waals surface area (Å²) in [5.74, 6) is 0.446. The monoisotopic (exact) mass is 337 g/mol. The lowest BCUT2D eigenvalue weighted by molar-refractivity contribution is 0.111. The van der Waals surface area contributed by atoms with Crippen LogP contribution in [-0.4, -0.2) is 43.8 Å². The number of hydrogen-bond donors (Lipinski definition) is 3. The number of nitrogens with zero attached hydrogens (tertiary/aromatic N) is 1. The molecule has 0 spiro atoms. The first kappa shape index (κ1) is 17.8. The van der Waals surface area contributed by atoms with Crippen molar-refractivity contribution in [3.63, 3.8) is 0 Å². The molecule has 0 aliphatic carbocycles. The number of allylic oxidation sites excluding steroid dienone is 1. The summed E-state index contributed by atoms with van der Waals surface area (Å²) in [5, 5.41) is 21.0. The fourth-order valence-electron chi connectivity index (χ4n) is 3.27. The molecule has 130 valence electrons. The van der Waals surface area contributed by atoms with E-state index in [4.69, 9.17) is 12.4 Å². The Balaban J connectivity index is 1.86. The third-order valence-electron chi connectivity index (χ3n) is 4.64. The number of nitrogens with one attached hydrogen (secondary N) is 2. The summed E-state index contributed by atoms with van der Waals surface area (Å²) in [4.78, 5) is 0.